The molecule has 0 aliphatic rings. The molecule has 0 radical (unpaired) electrons. The molecule has 2 rings (SSSR count). The summed E-state index contributed by atoms with van der Waals surface area (Å²) in [5.74, 6) is 0. The van der Waals surface area contributed by atoms with Crippen molar-refractivity contribution < 1.29 is 4.79 Å². The van der Waals surface area contributed by atoms with E-state index in [0.717, 1.165) is 12.0 Å². The van der Waals surface area contributed by atoms with Crippen molar-refractivity contribution in [1.82, 2.24) is 10.2 Å². The summed E-state index contributed by atoms with van der Waals surface area (Å²) in [6, 6.07) is 20.1. The summed E-state index contributed by atoms with van der Waals surface area (Å²) in [6.07, 6.45) is 0.871. The second-order valence-electron chi connectivity index (χ2n) is 4.80. The van der Waals surface area contributed by atoms with Crippen LogP contribution in [-0.4, -0.2) is 24.5 Å². The first kappa shape index (κ1) is 14.1. The Morgan fingerprint density at radius 3 is 2.10 bits per heavy atom. The lowest BCUT2D eigenvalue weighted by Crippen LogP contribution is -2.37. The van der Waals surface area contributed by atoms with Crippen LogP contribution in [0.2, 0.25) is 0 Å². The Morgan fingerprint density at radius 1 is 0.950 bits per heavy atom. The van der Waals surface area contributed by atoms with E-state index in [9.17, 15) is 4.79 Å². The molecule has 2 aromatic rings. The highest BCUT2D eigenvalue weighted by molar-refractivity contribution is 5.73. The standard InChI is InChI=1S/C17H20N2O/c1-19(13-12-15-8-4-2-5-9-15)17(20)18-14-16-10-6-3-7-11-16/h2-11H,12-14H2,1H3,(H,18,20). The van der Waals surface area contributed by atoms with Crippen molar-refractivity contribution in [2.24, 2.45) is 0 Å². The Balaban J connectivity index is 1.75. The smallest absolute Gasteiger partial charge is 0.317 e. The molecule has 0 heterocycles. The molecule has 2 aromatic carbocycles. The summed E-state index contributed by atoms with van der Waals surface area (Å²) in [5.41, 5.74) is 2.35. The van der Waals surface area contributed by atoms with Gasteiger partial charge in [0.1, 0.15) is 0 Å². The van der Waals surface area contributed by atoms with E-state index in [4.69, 9.17) is 0 Å². The Kier molecular flexibility index (Phi) is 5.18. The third kappa shape index (κ3) is 4.43. The first-order valence-corrected chi connectivity index (χ1v) is 6.82. The van der Waals surface area contributed by atoms with Crippen LogP contribution in [0.4, 0.5) is 4.79 Å². The first-order chi connectivity index (χ1) is 9.75. The molecule has 0 aromatic heterocycles. The molecule has 0 atom stereocenters. The summed E-state index contributed by atoms with van der Waals surface area (Å²) >= 11 is 0. The Bertz CT molecular complexity index is 525. The van der Waals surface area contributed by atoms with E-state index >= 15 is 0 Å². The molecule has 2 amide bonds. The molecule has 3 nitrogen and oxygen atoms in total. The SMILES string of the molecule is CN(CCc1ccccc1)C(=O)NCc1ccccc1. The van der Waals surface area contributed by atoms with Crippen LogP contribution in [0, 0.1) is 0 Å². The van der Waals surface area contributed by atoms with Gasteiger partial charge in [0.15, 0.2) is 0 Å². The van der Waals surface area contributed by atoms with Crippen LogP contribution in [0.15, 0.2) is 60.7 Å². The number of amides is 2. The number of carbonyl (C=O) groups is 1. The van der Waals surface area contributed by atoms with Gasteiger partial charge in [0.05, 0.1) is 0 Å². The minimum absolute atomic E-state index is 0.0372. The fraction of sp³-hybridized carbons (Fsp3) is 0.235. The molecule has 104 valence electrons. The Hall–Kier alpha value is -2.29. The summed E-state index contributed by atoms with van der Waals surface area (Å²) < 4.78 is 0. The fourth-order valence-electron chi connectivity index (χ4n) is 1.95. The molecular weight excluding hydrogens is 248 g/mol. The van der Waals surface area contributed by atoms with E-state index in [1.165, 1.54) is 5.56 Å². The van der Waals surface area contributed by atoms with Gasteiger partial charge in [-0.1, -0.05) is 60.7 Å². The zero-order chi connectivity index (χ0) is 14.2. The number of nitrogens with zero attached hydrogens (tertiary/aromatic N) is 1. The molecule has 0 saturated heterocycles. The van der Waals surface area contributed by atoms with Crippen molar-refractivity contribution in [2.75, 3.05) is 13.6 Å². The van der Waals surface area contributed by atoms with Crippen LogP contribution in [0.5, 0.6) is 0 Å². The van der Waals surface area contributed by atoms with E-state index in [1.807, 2.05) is 55.6 Å². The van der Waals surface area contributed by atoms with Crippen molar-refractivity contribution >= 4 is 6.03 Å². The average Bonchev–Trinajstić information content (AvgIpc) is 2.52. The van der Waals surface area contributed by atoms with Crippen molar-refractivity contribution in [3.8, 4) is 0 Å². The molecule has 20 heavy (non-hydrogen) atoms. The van der Waals surface area contributed by atoms with E-state index in [2.05, 4.69) is 17.4 Å². The van der Waals surface area contributed by atoms with E-state index in [-0.39, 0.29) is 6.03 Å². The summed E-state index contributed by atoms with van der Waals surface area (Å²) in [5, 5.41) is 2.92. The second-order valence-corrected chi connectivity index (χ2v) is 4.80. The van der Waals surface area contributed by atoms with Crippen molar-refractivity contribution in [3.63, 3.8) is 0 Å². The lowest BCUT2D eigenvalue weighted by Gasteiger charge is -2.18. The van der Waals surface area contributed by atoms with Crippen molar-refractivity contribution in [1.29, 1.82) is 0 Å². The quantitative estimate of drug-likeness (QED) is 0.888. The minimum Gasteiger partial charge on any atom is -0.334 e. The number of urea groups is 1. The number of nitrogens with one attached hydrogen (secondary N) is 1. The molecule has 0 bridgehead atoms. The lowest BCUT2D eigenvalue weighted by atomic mass is 10.1. The van der Waals surface area contributed by atoms with Crippen molar-refractivity contribution in [2.45, 2.75) is 13.0 Å². The monoisotopic (exact) mass is 268 g/mol. The molecule has 0 aliphatic carbocycles. The molecule has 0 fully saturated rings. The predicted octanol–water partition coefficient (Wildman–Crippen LogP) is 3.07. The molecule has 0 aliphatic heterocycles. The van der Waals surface area contributed by atoms with Gasteiger partial charge in [0.25, 0.3) is 0 Å². The van der Waals surface area contributed by atoms with Gasteiger partial charge in [-0.25, -0.2) is 4.79 Å². The number of hydrogen-bond donors (Lipinski definition) is 1. The first-order valence-electron chi connectivity index (χ1n) is 6.82. The highest BCUT2D eigenvalue weighted by Gasteiger charge is 2.07. The second kappa shape index (κ2) is 7.34. The van der Waals surface area contributed by atoms with Crippen LogP contribution < -0.4 is 5.32 Å². The van der Waals surface area contributed by atoms with Gasteiger partial charge < -0.3 is 10.2 Å². The number of likely N-dealkylation sites (N-methyl/N-ethyl adjacent to an activating group) is 1. The van der Waals surface area contributed by atoms with Crippen LogP contribution in [0.3, 0.4) is 0 Å². The van der Waals surface area contributed by atoms with Crippen LogP contribution >= 0.6 is 0 Å². The minimum atomic E-state index is -0.0372. The van der Waals surface area contributed by atoms with E-state index in [0.29, 0.717) is 13.1 Å². The van der Waals surface area contributed by atoms with Crippen LogP contribution in [-0.2, 0) is 13.0 Å². The Morgan fingerprint density at radius 2 is 1.50 bits per heavy atom. The van der Waals surface area contributed by atoms with Gasteiger partial charge in [-0.15, -0.1) is 0 Å². The Labute approximate surface area is 120 Å². The highest BCUT2D eigenvalue weighted by Crippen LogP contribution is 2.01. The van der Waals surface area contributed by atoms with E-state index < -0.39 is 0 Å². The number of rotatable bonds is 5. The zero-order valence-electron chi connectivity index (χ0n) is 11.8. The third-order valence-electron chi connectivity index (χ3n) is 3.21. The fourth-order valence-corrected chi connectivity index (χ4v) is 1.95. The van der Waals surface area contributed by atoms with Gasteiger partial charge in [0, 0.05) is 20.1 Å². The number of benzene rings is 2. The maximum Gasteiger partial charge on any atom is 0.317 e. The van der Waals surface area contributed by atoms with Gasteiger partial charge in [-0.3, -0.25) is 0 Å². The van der Waals surface area contributed by atoms with E-state index in [1.54, 1.807) is 4.90 Å². The van der Waals surface area contributed by atoms with Gasteiger partial charge in [0.2, 0.25) is 0 Å². The molecule has 0 saturated carbocycles. The van der Waals surface area contributed by atoms with Gasteiger partial charge >= 0.3 is 6.03 Å². The predicted molar refractivity (Wildman–Crippen MR) is 81.5 cm³/mol. The maximum absolute atomic E-state index is 12.0. The normalized spacial score (nSPS) is 10.1. The molecule has 0 unspecified atom stereocenters. The topological polar surface area (TPSA) is 32.3 Å². The largest absolute Gasteiger partial charge is 0.334 e. The third-order valence-corrected chi connectivity index (χ3v) is 3.21. The molecular formula is C17H20N2O. The van der Waals surface area contributed by atoms with Crippen LogP contribution in [0.1, 0.15) is 11.1 Å². The molecule has 0 spiro atoms. The van der Waals surface area contributed by atoms with Crippen LogP contribution in [0.25, 0.3) is 0 Å². The number of carbonyl (C=O) groups excluding carboxylic acids is 1. The van der Waals surface area contributed by atoms with Gasteiger partial charge in [-0.05, 0) is 17.5 Å². The maximum atomic E-state index is 12.0. The number of hydrogen-bond acceptors (Lipinski definition) is 1. The summed E-state index contributed by atoms with van der Waals surface area (Å²) in [6.45, 7) is 1.28. The highest BCUT2D eigenvalue weighted by atomic mass is 16.2. The van der Waals surface area contributed by atoms with Crippen molar-refractivity contribution in [3.05, 3.63) is 71.8 Å². The van der Waals surface area contributed by atoms with Gasteiger partial charge in [-0.2, -0.15) is 0 Å². The summed E-state index contributed by atoms with van der Waals surface area (Å²) in [7, 11) is 1.82. The summed E-state index contributed by atoms with van der Waals surface area (Å²) in [4.78, 5) is 13.7. The zero-order valence-corrected chi connectivity index (χ0v) is 11.8. The molecule has 1 N–H and O–H groups in total. The average molecular weight is 268 g/mol. The molecule has 3 heteroatoms. The lowest BCUT2D eigenvalue weighted by molar-refractivity contribution is 0.209.